The van der Waals surface area contributed by atoms with Gasteiger partial charge in [-0.05, 0) is 48.9 Å². The van der Waals surface area contributed by atoms with Gasteiger partial charge in [0.15, 0.2) is 0 Å². The zero-order valence-corrected chi connectivity index (χ0v) is 17.4. The molecule has 2 N–H and O–H groups in total. The Hall–Kier alpha value is -1.67. The van der Waals surface area contributed by atoms with Crippen LogP contribution in [-0.4, -0.2) is 31.7 Å². The van der Waals surface area contributed by atoms with Crippen LogP contribution in [-0.2, 0) is 22.3 Å². The quantitative estimate of drug-likeness (QED) is 0.360. The molecule has 166 valence electrons. The Balaban J connectivity index is 2.39. The van der Waals surface area contributed by atoms with Gasteiger partial charge >= 0.3 is 6.18 Å². The van der Waals surface area contributed by atoms with Gasteiger partial charge in [0.25, 0.3) is 0 Å². The van der Waals surface area contributed by atoms with Gasteiger partial charge in [0.1, 0.15) is 5.82 Å². The van der Waals surface area contributed by atoms with Crippen LogP contribution < -0.4 is 10.6 Å². The first-order chi connectivity index (χ1) is 13.7. The Morgan fingerprint density at radius 3 is 2.55 bits per heavy atom. The van der Waals surface area contributed by atoms with Crippen molar-refractivity contribution in [3.05, 3.63) is 35.1 Å². The van der Waals surface area contributed by atoms with Crippen molar-refractivity contribution in [1.82, 2.24) is 10.6 Å². The van der Waals surface area contributed by atoms with E-state index in [9.17, 15) is 22.4 Å². The lowest BCUT2D eigenvalue weighted by molar-refractivity contribution is -0.137. The summed E-state index contributed by atoms with van der Waals surface area (Å²) in [5.74, 6) is -0.890. The topological polar surface area (TPSA) is 50.4 Å². The van der Waals surface area contributed by atoms with Crippen LogP contribution in [0.25, 0.3) is 0 Å². The van der Waals surface area contributed by atoms with Crippen molar-refractivity contribution < 1.29 is 27.1 Å². The SMILES string of the molecule is CCCOC[C@@H](C)CN[C@H](CC)CCC(=O)NCc1cc(F)cc(C(F)(F)F)c1. The number of halogens is 4. The maximum absolute atomic E-state index is 13.4. The summed E-state index contributed by atoms with van der Waals surface area (Å²) in [6, 6.07) is 2.45. The van der Waals surface area contributed by atoms with Crippen LogP contribution in [0.1, 0.15) is 57.6 Å². The fourth-order valence-electron chi connectivity index (χ4n) is 2.82. The summed E-state index contributed by atoms with van der Waals surface area (Å²) in [7, 11) is 0. The molecule has 1 aromatic carbocycles. The van der Waals surface area contributed by atoms with Crippen molar-refractivity contribution in [1.29, 1.82) is 0 Å². The lowest BCUT2D eigenvalue weighted by Crippen LogP contribution is -2.35. The van der Waals surface area contributed by atoms with E-state index in [1.54, 1.807) is 0 Å². The van der Waals surface area contributed by atoms with Crippen molar-refractivity contribution in [2.24, 2.45) is 5.92 Å². The Labute approximate surface area is 170 Å². The van der Waals surface area contributed by atoms with Gasteiger partial charge < -0.3 is 15.4 Å². The minimum absolute atomic E-state index is 0.0803. The van der Waals surface area contributed by atoms with Crippen molar-refractivity contribution in [2.75, 3.05) is 19.8 Å². The average Bonchev–Trinajstić information content (AvgIpc) is 2.65. The molecule has 0 aliphatic heterocycles. The molecule has 4 nitrogen and oxygen atoms in total. The van der Waals surface area contributed by atoms with E-state index in [4.69, 9.17) is 4.74 Å². The molecule has 29 heavy (non-hydrogen) atoms. The number of carbonyl (C=O) groups is 1. The molecule has 8 heteroatoms. The molecule has 0 heterocycles. The predicted molar refractivity (Wildman–Crippen MR) is 105 cm³/mol. The summed E-state index contributed by atoms with van der Waals surface area (Å²) in [5.41, 5.74) is -0.981. The van der Waals surface area contributed by atoms with Crippen molar-refractivity contribution in [3.63, 3.8) is 0 Å². The number of hydrogen-bond acceptors (Lipinski definition) is 3. The molecule has 1 amide bonds. The molecule has 0 saturated heterocycles. The molecule has 2 atom stereocenters. The van der Waals surface area contributed by atoms with Crippen LogP contribution in [0, 0.1) is 11.7 Å². The largest absolute Gasteiger partial charge is 0.416 e. The van der Waals surface area contributed by atoms with Gasteiger partial charge in [-0.25, -0.2) is 4.39 Å². The molecular weight excluding hydrogens is 388 g/mol. The Morgan fingerprint density at radius 2 is 1.93 bits per heavy atom. The van der Waals surface area contributed by atoms with Gasteiger partial charge in [-0.3, -0.25) is 4.79 Å². The number of hydrogen-bond donors (Lipinski definition) is 2. The van der Waals surface area contributed by atoms with Gasteiger partial charge in [0, 0.05) is 32.2 Å². The Bertz CT molecular complexity index is 623. The third kappa shape index (κ3) is 10.6. The predicted octanol–water partition coefficient (Wildman–Crippen LogP) is 4.67. The van der Waals surface area contributed by atoms with E-state index in [2.05, 4.69) is 24.5 Å². The van der Waals surface area contributed by atoms with Crippen molar-refractivity contribution >= 4 is 5.91 Å². The monoisotopic (exact) mass is 420 g/mol. The van der Waals surface area contributed by atoms with Gasteiger partial charge in [-0.2, -0.15) is 13.2 Å². The molecule has 0 aliphatic carbocycles. The van der Waals surface area contributed by atoms with E-state index >= 15 is 0 Å². The van der Waals surface area contributed by atoms with Gasteiger partial charge in [0.05, 0.1) is 12.2 Å². The van der Waals surface area contributed by atoms with Crippen LogP contribution in [0.2, 0.25) is 0 Å². The summed E-state index contributed by atoms with van der Waals surface area (Å²) in [5, 5.41) is 5.98. The zero-order chi connectivity index (χ0) is 21.9. The maximum Gasteiger partial charge on any atom is 0.416 e. The van der Waals surface area contributed by atoms with Crippen LogP contribution in [0.5, 0.6) is 0 Å². The first-order valence-corrected chi connectivity index (χ1v) is 10.1. The molecular formula is C21H32F4N2O2. The molecule has 0 spiro atoms. The molecule has 0 saturated carbocycles. The fraction of sp³-hybridized carbons (Fsp3) is 0.667. The van der Waals surface area contributed by atoms with Crippen molar-refractivity contribution in [2.45, 2.75) is 65.2 Å². The fourth-order valence-corrected chi connectivity index (χ4v) is 2.82. The lowest BCUT2D eigenvalue weighted by atomic mass is 10.1. The molecule has 0 radical (unpaired) electrons. The van der Waals surface area contributed by atoms with E-state index < -0.39 is 17.6 Å². The molecule has 0 aliphatic rings. The van der Waals surface area contributed by atoms with Crippen molar-refractivity contribution in [3.8, 4) is 0 Å². The normalized spacial score (nSPS) is 13.9. The second kappa shape index (κ2) is 12.8. The molecule has 1 aromatic rings. The van der Waals surface area contributed by atoms with E-state index in [1.165, 1.54) is 0 Å². The van der Waals surface area contributed by atoms with Crippen LogP contribution >= 0.6 is 0 Å². The minimum atomic E-state index is -4.63. The third-order valence-electron chi connectivity index (χ3n) is 4.49. The van der Waals surface area contributed by atoms with E-state index in [-0.39, 0.29) is 30.5 Å². The van der Waals surface area contributed by atoms with E-state index in [0.717, 1.165) is 38.1 Å². The van der Waals surface area contributed by atoms with E-state index in [0.29, 0.717) is 25.0 Å². The molecule has 0 bridgehead atoms. The van der Waals surface area contributed by atoms with Gasteiger partial charge in [-0.15, -0.1) is 0 Å². The van der Waals surface area contributed by atoms with Gasteiger partial charge in [0.2, 0.25) is 5.91 Å². The summed E-state index contributed by atoms with van der Waals surface area (Å²) in [4.78, 5) is 12.0. The van der Waals surface area contributed by atoms with E-state index in [1.807, 2.05) is 6.92 Å². The number of nitrogens with one attached hydrogen (secondary N) is 2. The van der Waals surface area contributed by atoms with Crippen LogP contribution in [0.4, 0.5) is 17.6 Å². The molecule has 0 fully saturated rings. The van der Waals surface area contributed by atoms with Crippen LogP contribution in [0.15, 0.2) is 18.2 Å². The summed E-state index contributed by atoms with van der Waals surface area (Å²) < 4.78 is 57.1. The number of ether oxygens (including phenoxy) is 1. The maximum atomic E-state index is 13.4. The second-order valence-corrected chi connectivity index (χ2v) is 7.35. The number of alkyl halides is 3. The molecule has 0 aromatic heterocycles. The highest BCUT2D eigenvalue weighted by Gasteiger charge is 2.31. The summed E-state index contributed by atoms with van der Waals surface area (Å²) >= 11 is 0. The average molecular weight is 420 g/mol. The molecule has 0 unspecified atom stereocenters. The number of amides is 1. The van der Waals surface area contributed by atoms with Gasteiger partial charge in [-0.1, -0.05) is 20.8 Å². The smallest absolute Gasteiger partial charge is 0.381 e. The first kappa shape index (κ1) is 25.4. The lowest BCUT2D eigenvalue weighted by Gasteiger charge is -2.20. The Morgan fingerprint density at radius 1 is 1.21 bits per heavy atom. The Kier molecular flexibility index (Phi) is 11.2. The van der Waals surface area contributed by atoms with Crippen LogP contribution in [0.3, 0.4) is 0 Å². The highest BCUT2D eigenvalue weighted by molar-refractivity contribution is 5.75. The number of carbonyl (C=O) groups excluding carboxylic acids is 1. The summed E-state index contributed by atoms with van der Waals surface area (Å²) in [6.07, 6.45) is -1.93. The highest BCUT2D eigenvalue weighted by Crippen LogP contribution is 2.30. The second-order valence-electron chi connectivity index (χ2n) is 7.35. The number of rotatable bonds is 13. The highest BCUT2D eigenvalue weighted by atomic mass is 19.4. The first-order valence-electron chi connectivity index (χ1n) is 10.1. The standard InChI is InChI=1S/C21H32F4N2O2/c1-4-8-29-14-15(3)12-26-19(5-2)6-7-20(28)27-13-16-9-17(21(23,24)25)11-18(22)10-16/h9-11,15,19,26H,4-8,12-14H2,1-3H3,(H,27,28)/t15-,19+/m0/s1. The summed E-state index contributed by atoms with van der Waals surface area (Å²) in [6.45, 7) is 8.26. The molecule has 1 rings (SSSR count). The minimum Gasteiger partial charge on any atom is -0.381 e. The zero-order valence-electron chi connectivity index (χ0n) is 17.4. The number of benzene rings is 1. The third-order valence-corrected chi connectivity index (χ3v) is 4.49.